The lowest BCUT2D eigenvalue weighted by Gasteiger charge is -2.14. The van der Waals surface area contributed by atoms with Crippen LogP contribution in [0.3, 0.4) is 0 Å². The first-order valence-corrected chi connectivity index (χ1v) is 4.22. The van der Waals surface area contributed by atoms with Crippen LogP contribution in [-0.2, 0) is 9.53 Å². The number of esters is 1. The number of hydrogen-bond acceptors (Lipinski definition) is 2. The van der Waals surface area contributed by atoms with Crippen molar-refractivity contribution in [2.24, 2.45) is 17.8 Å². The quantitative estimate of drug-likeness (QED) is 0.382. The van der Waals surface area contributed by atoms with Crippen LogP contribution in [0.15, 0.2) is 11.6 Å². The number of carbonyl (C=O) groups is 1. The SMILES string of the molecule is O=C1OC[C@@H]2[C@@H]3CC=C(C3)[C@@H]12. The average Bonchev–Trinajstić information content (AvgIpc) is 2.60. The molecule has 1 saturated heterocycles. The molecule has 2 bridgehead atoms. The minimum Gasteiger partial charge on any atom is -0.465 e. The maximum Gasteiger partial charge on any atom is 0.313 e. The van der Waals surface area contributed by atoms with Gasteiger partial charge < -0.3 is 4.74 Å². The fourth-order valence-corrected chi connectivity index (χ4v) is 2.73. The third kappa shape index (κ3) is 0.561. The van der Waals surface area contributed by atoms with Gasteiger partial charge in [0.05, 0.1) is 12.5 Å². The van der Waals surface area contributed by atoms with Crippen molar-refractivity contribution in [2.75, 3.05) is 6.61 Å². The van der Waals surface area contributed by atoms with Crippen molar-refractivity contribution >= 4 is 5.97 Å². The van der Waals surface area contributed by atoms with Crippen LogP contribution < -0.4 is 0 Å². The van der Waals surface area contributed by atoms with Crippen molar-refractivity contribution < 1.29 is 9.53 Å². The van der Waals surface area contributed by atoms with Crippen molar-refractivity contribution in [2.45, 2.75) is 12.8 Å². The van der Waals surface area contributed by atoms with Gasteiger partial charge in [-0.25, -0.2) is 0 Å². The van der Waals surface area contributed by atoms with E-state index in [9.17, 15) is 4.79 Å². The highest BCUT2D eigenvalue weighted by atomic mass is 16.5. The summed E-state index contributed by atoms with van der Waals surface area (Å²) in [6.07, 6.45) is 4.59. The maximum atomic E-state index is 11.2. The molecule has 0 aromatic rings. The van der Waals surface area contributed by atoms with E-state index in [4.69, 9.17) is 4.74 Å². The monoisotopic (exact) mass is 150 g/mol. The summed E-state index contributed by atoms with van der Waals surface area (Å²) < 4.78 is 5.02. The van der Waals surface area contributed by atoms with E-state index in [1.165, 1.54) is 18.4 Å². The number of cyclic esters (lactones) is 1. The Kier molecular flexibility index (Phi) is 0.888. The number of carbonyl (C=O) groups excluding carboxylic acids is 1. The first-order valence-electron chi connectivity index (χ1n) is 4.22. The summed E-state index contributed by atoms with van der Waals surface area (Å²) in [6.45, 7) is 0.686. The van der Waals surface area contributed by atoms with E-state index in [1.807, 2.05) is 0 Å². The number of allylic oxidation sites excluding steroid dienone is 1. The molecule has 58 valence electrons. The van der Waals surface area contributed by atoms with E-state index in [0.29, 0.717) is 12.5 Å². The third-order valence-electron chi connectivity index (χ3n) is 3.29. The second kappa shape index (κ2) is 1.68. The topological polar surface area (TPSA) is 26.3 Å². The molecule has 0 amide bonds. The molecule has 3 rings (SSSR count). The molecule has 0 unspecified atom stereocenters. The predicted octanol–water partition coefficient (Wildman–Crippen LogP) is 1.13. The number of ether oxygens (including phenoxy) is 1. The first-order chi connectivity index (χ1) is 5.36. The molecule has 0 aromatic carbocycles. The lowest BCUT2D eigenvalue weighted by Crippen LogP contribution is -2.17. The summed E-state index contributed by atoms with van der Waals surface area (Å²) in [6, 6.07) is 0. The molecule has 2 nitrogen and oxygen atoms in total. The Morgan fingerprint density at radius 1 is 1.55 bits per heavy atom. The van der Waals surface area contributed by atoms with Crippen LogP contribution in [0, 0.1) is 17.8 Å². The Labute approximate surface area is 65.2 Å². The van der Waals surface area contributed by atoms with Gasteiger partial charge in [0, 0.05) is 5.92 Å². The van der Waals surface area contributed by atoms with Gasteiger partial charge >= 0.3 is 5.97 Å². The second-order valence-electron chi connectivity index (χ2n) is 3.75. The average molecular weight is 150 g/mol. The van der Waals surface area contributed by atoms with Gasteiger partial charge in [0.1, 0.15) is 0 Å². The summed E-state index contributed by atoms with van der Waals surface area (Å²) in [7, 11) is 0. The van der Waals surface area contributed by atoms with Crippen LogP contribution in [0.25, 0.3) is 0 Å². The molecular weight excluding hydrogens is 140 g/mol. The molecule has 11 heavy (non-hydrogen) atoms. The van der Waals surface area contributed by atoms with Gasteiger partial charge in [-0.2, -0.15) is 0 Å². The van der Waals surface area contributed by atoms with Crippen LogP contribution in [0.2, 0.25) is 0 Å². The number of fused-ring (bicyclic) bond motifs is 5. The lowest BCUT2D eigenvalue weighted by molar-refractivity contribution is -0.140. The molecule has 3 aliphatic rings. The zero-order chi connectivity index (χ0) is 7.42. The van der Waals surface area contributed by atoms with E-state index >= 15 is 0 Å². The molecular formula is C9H10O2. The fraction of sp³-hybridized carbons (Fsp3) is 0.667. The summed E-state index contributed by atoms with van der Waals surface area (Å²) in [5.41, 5.74) is 1.36. The Hall–Kier alpha value is -0.790. The minimum absolute atomic E-state index is 0.0310. The largest absolute Gasteiger partial charge is 0.465 e. The number of hydrogen-bond donors (Lipinski definition) is 0. The highest BCUT2D eigenvalue weighted by molar-refractivity contribution is 5.79. The van der Waals surface area contributed by atoms with Crippen LogP contribution >= 0.6 is 0 Å². The smallest absolute Gasteiger partial charge is 0.313 e. The van der Waals surface area contributed by atoms with Gasteiger partial charge in [-0.3, -0.25) is 4.79 Å². The zero-order valence-corrected chi connectivity index (χ0v) is 6.25. The van der Waals surface area contributed by atoms with E-state index < -0.39 is 0 Å². The molecule has 0 aromatic heterocycles. The van der Waals surface area contributed by atoms with Gasteiger partial charge in [-0.05, 0) is 18.8 Å². The highest BCUT2D eigenvalue weighted by Crippen LogP contribution is 2.51. The van der Waals surface area contributed by atoms with E-state index in [-0.39, 0.29) is 11.9 Å². The predicted molar refractivity (Wildman–Crippen MR) is 38.7 cm³/mol. The van der Waals surface area contributed by atoms with Gasteiger partial charge in [0.15, 0.2) is 0 Å². The molecule has 1 saturated carbocycles. The standard InChI is InChI=1S/C9H10O2/c10-9-8-6-2-1-5(3-6)7(8)4-11-9/h2,5,7-8H,1,3-4H2/t5-,7-,8-/m1/s1. The van der Waals surface area contributed by atoms with Crippen LogP contribution in [0.5, 0.6) is 0 Å². The molecule has 1 heterocycles. The summed E-state index contributed by atoms with van der Waals surface area (Å²) >= 11 is 0. The van der Waals surface area contributed by atoms with Crippen molar-refractivity contribution in [1.29, 1.82) is 0 Å². The second-order valence-corrected chi connectivity index (χ2v) is 3.75. The maximum absolute atomic E-state index is 11.2. The van der Waals surface area contributed by atoms with E-state index in [2.05, 4.69) is 6.08 Å². The molecule has 0 spiro atoms. The molecule has 2 heteroatoms. The molecule has 2 fully saturated rings. The van der Waals surface area contributed by atoms with Gasteiger partial charge in [-0.15, -0.1) is 0 Å². The highest BCUT2D eigenvalue weighted by Gasteiger charge is 2.51. The lowest BCUT2D eigenvalue weighted by atomic mass is 9.86. The minimum atomic E-state index is 0.0310. The molecule has 1 aliphatic heterocycles. The van der Waals surface area contributed by atoms with E-state index in [1.54, 1.807) is 0 Å². The van der Waals surface area contributed by atoms with Crippen molar-refractivity contribution in [3.8, 4) is 0 Å². The van der Waals surface area contributed by atoms with Crippen LogP contribution in [0.1, 0.15) is 12.8 Å². The normalized spacial score (nSPS) is 45.6. The molecule has 2 aliphatic carbocycles. The zero-order valence-electron chi connectivity index (χ0n) is 6.25. The van der Waals surface area contributed by atoms with Crippen LogP contribution in [-0.4, -0.2) is 12.6 Å². The Bertz CT molecular complexity index is 254. The van der Waals surface area contributed by atoms with Gasteiger partial charge in [0.2, 0.25) is 0 Å². The van der Waals surface area contributed by atoms with Gasteiger partial charge in [0.25, 0.3) is 0 Å². The Morgan fingerprint density at radius 3 is 3.27 bits per heavy atom. The van der Waals surface area contributed by atoms with Crippen molar-refractivity contribution in [3.63, 3.8) is 0 Å². The molecule has 0 radical (unpaired) electrons. The molecule has 3 atom stereocenters. The van der Waals surface area contributed by atoms with E-state index in [0.717, 1.165) is 5.92 Å². The van der Waals surface area contributed by atoms with Crippen molar-refractivity contribution in [1.82, 2.24) is 0 Å². The first kappa shape index (κ1) is 5.81. The third-order valence-corrected chi connectivity index (χ3v) is 3.29. The summed E-state index contributed by atoms with van der Waals surface area (Å²) in [5, 5.41) is 0. The summed E-state index contributed by atoms with van der Waals surface area (Å²) in [4.78, 5) is 11.2. The summed E-state index contributed by atoms with van der Waals surface area (Å²) in [5.74, 6) is 1.49. The van der Waals surface area contributed by atoms with Crippen molar-refractivity contribution in [3.05, 3.63) is 11.6 Å². The van der Waals surface area contributed by atoms with Crippen LogP contribution in [0.4, 0.5) is 0 Å². The van der Waals surface area contributed by atoms with Gasteiger partial charge in [-0.1, -0.05) is 11.6 Å². The molecule has 0 N–H and O–H groups in total. The Morgan fingerprint density at radius 2 is 2.45 bits per heavy atom. The fourth-order valence-electron chi connectivity index (χ4n) is 2.73. The number of rotatable bonds is 0. The Balaban J connectivity index is 2.06.